The van der Waals surface area contributed by atoms with Crippen molar-refractivity contribution in [2.24, 2.45) is 5.73 Å². The molecule has 0 radical (unpaired) electrons. The first-order chi connectivity index (χ1) is 7.68. The molecule has 0 aliphatic rings. The molecule has 0 saturated heterocycles. The number of carbonyl (C=O) groups excluding carboxylic acids is 1. The van der Waals surface area contributed by atoms with Crippen LogP contribution in [0.4, 0.5) is 4.79 Å². The van der Waals surface area contributed by atoms with Crippen LogP contribution in [-0.4, -0.2) is 15.6 Å². The second-order valence-electron chi connectivity index (χ2n) is 2.78. The van der Waals surface area contributed by atoms with Crippen molar-refractivity contribution in [1.29, 1.82) is 0 Å². The zero-order chi connectivity index (χ0) is 11.5. The predicted octanol–water partition coefficient (Wildman–Crippen LogP) is 0.752. The van der Waals surface area contributed by atoms with E-state index in [4.69, 9.17) is 5.73 Å². The lowest BCUT2D eigenvalue weighted by atomic mass is 10.4. The summed E-state index contributed by atoms with van der Waals surface area (Å²) in [5.41, 5.74) is 4.36. The smallest absolute Gasteiger partial charge is 0.405 e. The van der Waals surface area contributed by atoms with Crippen molar-refractivity contribution in [3.63, 3.8) is 0 Å². The Bertz CT molecular complexity index is 562. The van der Waals surface area contributed by atoms with Crippen LogP contribution >= 0.6 is 11.3 Å². The van der Waals surface area contributed by atoms with Gasteiger partial charge >= 0.3 is 6.09 Å². The van der Waals surface area contributed by atoms with E-state index < -0.39 is 11.7 Å². The molecule has 0 atom stereocenters. The fourth-order valence-electron chi connectivity index (χ4n) is 1.15. The largest absolute Gasteiger partial charge is 0.410 e. The number of amides is 1. The number of hydrogen-bond acceptors (Lipinski definition) is 5. The Hall–Kier alpha value is -2.15. The van der Waals surface area contributed by atoms with Gasteiger partial charge in [0.1, 0.15) is 0 Å². The molecule has 2 aromatic rings. The summed E-state index contributed by atoms with van der Waals surface area (Å²) < 4.78 is 5.85. The molecule has 6 nitrogen and oxygen atoms in total. The van der Waals surface area contributed by atoms with E-state index in [9.17, 15) is 9.59 Å². The zero-order valence-electron chi connectivity index (χ0n) is 7.99. The van der Waals surface area contributed by atoms with Gasteiger partial charge in [-0.05, 0) is 12.1 Å². The average molecular weight is 237 g/mol. The highest BCUT2D eigenvalue weighted by atomic mass is 32.1. The number of nitrogens with two attached hydrogens (primary N) is 1. The first-order valence-corrected chi connectivity index (χ1v) is 5.15. The first-order valence-electron chi connectivity index (χ1n) is 4.27. The molecule has 0 spiro atoms. The van der Waals surface area contributed by atoms with Crippen molar-refractivity contribution in [1.82, 2.24) is 9.55 Å². The second kappa shape index (κ2) is 4.15. The molecule has 7 heteroatoms. The Balaban J connectivity index is 2.49. The molecule has 0 unspecified atom stereocenters. The van der Waals surface area contributed by atoms with Gasteiger partial charge in [-0.1, -0.05) is 0 Å². The van der Waals surface area contributed by atoms with E-state index in [2.05, 4.69) is 9.72 Å². The Morgan fingerprint density at radius 3 is 3.00 bits per heavy atom. The third-order valence-corrected chi connectivity index (χ3v) is 2.52. The number of carbonyl (C=O) groups is 1. The maximum absolute atomic E-state index is 11.8. The third-order valence-electron chi connectivity index (χ3n) is 1.75. The fourth-order valence-corrected chi connectivity index (χ4v) is 1.77. The maximum Gasteiger partial charge on any atom is 0.410 e. The third kappa shape index (κ3) is 1.94. The van der Waals surface area contributed by atoms with E-state index in [1.165, 1.54) is 28.2 Å². The van der Waals surface area contributed by atoms with Crippen molar-refractivity contribution in [3.8, 4) is 10.9 Å². The Morgan fingerprint density at radius 2 is 2.38 bits per heavy atom. The summed E-state index contributed by atoms with van der Waals surface area (Å²) >= 11 is 1.30. The molecule has 2 heterocycles. The number of ether oxygens (including phenoxy) is 1. The number of hydrogen-bond donors (Lipinski definition) is 1. The highest BCUT2D eigenvalue weighted by Crippen LogP contribution is 2.10. The van der Waals surface area contributed by atoms with Gasteiger partial charge in [-0.15, -0.1) is 11.3 Å². The van der Waals surface area contributed by atoms with Crippen LogP contribution in [0.3, 0.4) is 0 Å². The molecule has 0 bridgehead atoms. The quantitative estimate of drug-likeness (QED) is 0.834. The summed E-state index contributed by atoms with van der Waals surface area (Å²) in [4.78, 5) is 26.3. The van der Waals surface area contributed by atoms with Gasteiger partial charge in [-0.3, -0.25) is 9.36 Å². The van der Waals surface area contributed by atoms with Gasteiger partial charge in [0, 0.05) is 17.8 Å². The van der Waals surface area contributed by atoms with Gasteiger partial charge in [0.05, 0.1) is 0 Å². The van der Waals surface area contributed by atoms with Gasteiger partial charge in [0.25, 0.3) is 5.56 Å². The van der Waals surface area contributed by atoms with Gasteiger partial charge in [0.15, 0.2) is 10.9 Å². The van der Waals surface area contributed by atoms with Gasteiger partial charge in [0.2, 0.25) is 0 Å². The number of primary amides is 1. The molecular formula is C9H7N3O3S. The monoisotopic (exact) mass is 237 g/mol. The SMILES string of the molecule is NC(=O)Oc1cccn(-c2nccs2)c1=O. The molecule has 2 rings (SSSR count). The Labute approximate surface area is 93.9 Å². The second-order valence-corrected chi connectivity index (χ2v) is 3.66. The number of pyridine rings is 1. The van der Waals surface area contributed by atoms with Crippen LogP contribution < -0.4 is 16.0 Å². The number of nitrogens with zero attached hydrogens (tertiary/aromatic N) is 2. The average Bonchev–Trinajstić information content (AvgIpc) is 2.73. The summed E-state index contributed by atoms with van der Waals surface area (Å²) in [6.07, 6.45) is 2.09. The molecule has 1 amide bonds. The van der Waals surface area contributed by atoms with E-state index in [1.54, 1.807) is 17.6 Å². The minimum atomic E-state index is -1.02. The van der Waals surface area contributed by atoms with E-state index in [0.29, 0.717) is 5.13 Å². The minimum absolute atomic E-state index is 0.120. The molecule has 2 aromatic heterocycles. The lowest BCUT2D eigenvalue weighted by molar-refractivity contribution is 0.210. The van der Waals surface area contributed by atoms with Crippen LogP contribution in [0.2, 0.25) is 0 Å². The van der Waals surface area contributed by atoms with Crippen LogP contribution in [0.25, 0.3) is 5.13 Å². The van der Waals surface area contributed by atoms with Crippen molar-refractivity contribution in [2.45, 2.75) is 0 Å². The van der Waals surface area contributed by atoms with E-state index in [-0.39, 0.29) is 5.75 Å². The summed E-state index contributed by atoms with van der Waals surface area (Å²) in [6.45, 7) is 0. The van der Waals surface area contributed by atoms with Crippen LogP contribution in [-0.2, 0) is 0 Å². The molecule has 0 aromatic carbocycles. The molecule has 0 saturated carbocycles. The zero-order valence-corrected chi connectivity index (χ0v) is 8.81. The van der Waals surface area contributed by atoms with Crippen molar-refractivity contribution < 1.29 is 9.53 Å². The lowest BCUT2D eigenvalue weighted by Gasteiger charge is -2.03. The van der Waals surface area contributed by atoms with Crippen LogP contribution in [0.5, 0.6) is 5.75 Å². The van der Waals surface area contributed by atoms with E-state index >= 15 is 0 Å². The number of thiazole rings is 1. The van der Waals surface area contributed by atoms with E-state index in [0.717, 1.165) is 0 Å². The summed E-state index contributed by atoms with van der Waals surface area (Å²) in [5, 5.41) is 2.24. The molecule has 0 fully saturated rings. The first kappa shape index (κ1) is 10.4. The summed E-state index contributed by atoms with van der Waals surface area (Å²) in [6, 6.07) is 2.94. The van der Waals surface area contributed by atoms with Gasteiger partial charge in [-0.2, -0.15) is 0 Å². The van der Waals surface area contributed by atoms with Gasteiger partial charge < -0.3 is 10.5 Å². The molecule has 16 heavy (non-hydrogen) atoms. The van der Waals surface area contributed by atoms with Crippen molar-refractivity contribution >= 4 is 17.4 Å². The predicted molar refractivity (Wildman–Crippen MR) is 57.9 cm³/mol. The summed E-state index contributed by atoms with van der Waals surface area (Å²) in [7, 11) is 0. The van der Waals surface area contributed by atoms with Crippen LogP contribution in [0.15, 0.2) is 34.7 Å². The maximum atomic E-state index is 11.8. The standard InChI is InChI=1S/C9H7N3O3S/c10-8(14)15-6-2-1-4-12(7(6)13)9-11-3-5-16-9/h1-5H,(H2,10,14). The topological polar surface area (TPSA) is 87.2 Å². The lowest BCUT2D eigenvalue weighted by Crippen LogP contribution is -2.24. The molecule has 0 aliphatic carbocycles. The molecular weight excluding hydrogens is 230 g/mol. The summed E-state index contributed by atoms with van der Waals surface area (Å²) in [5.74, 6) is -0.120. The van der Waals surface area contributed by atoms with E-state index in [1.807, 2.05) is 0 Å². The molecule has 2 N–H and O–H groups in total. The Morgan fingerprint density at radius 1 is 1.56 bits per heavy atom. The van der Waals surface area contributed by atoms with Gasteiger partial charge in [-0.25, -0.2) is 9.78 Å². The Kier molecular flexibility index (Phi) is 2.69. The highest BCUT2D eigenvalue weighted by Gasteiger charge is 2.09. The number of aromatic nitrogens is 2. The normalized spacial score (nSPS) is 10.0. The van der Waals surface area contributed by atoms with Crippen molar-refractivity contribution in [2.75, 3.05) is 0 Å². The fraction of sp³-hybridized carbons (Fsp3) is 0. The highest BCUT2D eigenvalue weighted by molar-refractivity contribution is 7.12. The number of rotatable bonds is 2. The van der Waals surface area contributed by atoms with Crippen molar-refractivity contribution in [3.05, 3.63) is 40.3 Å². The van der Waals surface area contributed by atoms with Crippen LogP contribution in [0.1, 0.15) is 0 Å². The van der Waals surface area contributed by atoms with Crippen LogP contribution in [0, 0.1) is 0 Å². The molecule has 82 valence electrons. The minimum Gasteiger partial charge on any atom is -0.405 e. The molecule has 0 aliphatic heterocycles.